The van der Waals surface area contributed by atoms with Crippen LogP contribution in [0.3, 0.4) is 0 Å². The summed E-state index contributed by atoms with van der Waals surface area (Å²) in [6.07, 6.45) is 1.99. The lowest BCUT2D eigenvalue weighted by atomic mass is 10.1. The van der Waals surface area contributed by atoms with E-state index in [1.165, 1.54) is 12.4 Å². The lowest BCUT2D eigenvalue weighted by molar-refractivity contribution is 0.610. The standard InChI is InChI=1S/C19H16FN5/c20-16-7-3-1-5-14(16)9-10-22-18-11-19(24-13-23-18)25-17-8-4-2-6-15(17)12-21/h1-8,11,13H,9-10H2,(H2,22,23,24,25). The topological polar surface area (TPSA) is 73.6 Å². The number of halogens is 1. The Balaban J connectivity index is 1.64. The van der Waals surface area contributed by atoms with Crippen LogP contribution in [0.2, 0.25) is 0 Å². The summed E-state index contributed by atoms with van der Waals surface area (Å²) in [5, 5.41) is 15.4. The number of hydrogen-bond donors (Lipinski definition) is 2. The van der Waals surface area contributed by atoms with E-state index in [9.17, 15) is 4.39 Å². The molecule has 0 unspecified atom stereocenters. The molecule has 25 heavy (non-hydrogen) atoms. The minimum Gasteiger partial charge on any atom is -0.370 e. The van der Waals surface area contributed by atoms with Crippen LogP contribution >= 0.6 is 0 Å². The van der Waals surface area contributed by atoms with Crippen LogP contribution in [0.1, 0.15) is 11.1 Å². The van der Waals surface area contributed by atoms with Crippen molar-refractivity contribution in [1.29, 1.82) is 5.26 Å². The van der Waals surface area contributed by atoms with E-state index in [-0.39, 0.29) is 5.82 Å². The second-order valence-electron chi connectivity index (χ2n) is 5.34. The monoisotopic (exact) mass is 333 g/mol. The summed E-state index contributed by atoms with van der Waals surface area (Å²) in [4.78, 5) is 8.32. The zero-order valence-corrected chi connectivity index (χ0v) is 13.4. The largest absolute Gasteiger partial charge is 0.370 e. The van der Waals surface area contributed by atoms with E-state index in [4.69, 9.17) is 5.26 Å². The Morgan fingerprint density at radius 3 is 2.60 bits per heavy atom. The highest BCUT2D eigenvalue weighted by atomic mass is 19.1. The molecule has 0 fully saturated rings. The van der Waals surface area contributed by atoms with Gasteiger partial charge in [0.15, 0.2) is 0 Å². The number of nitrogens with one attached hydrogen (secondary N) is 2. The summed E-state index contributed by atoms with van der Waals surface area (Å²) in [5.41, 5.74) is 1.88. The number of benzene rings is 2. The van der Waals surface area contributed by atoms with Crippen LogP contribution in [0.15, 0.2) is 60.9 Å². The average Bonchev–Trinajstić information content (AvgIpc) is 2.64. The number of nitriles is 1. The Morgan fingerprint density at radius 2 is 1.76 bits per heavy atom. The average molecular weight is 333 g/mol. The molecular weight excluding hydrogens is 317 g/mol. The SMILES string of the molecule is N#Cc1ccccc1Nc1cc(NCCc2ccccc2F)ncn1. The maximum absolute atomic E-state index is 13.6. The van der Waals surface area contributed by atoms with Gasteiger partial charge in [-0.2, -0.15) is 5.26 Å². The molecule has 3 aromatic rings. The van der Waals surface area contributed by atoms with Crippen molar-refractivity contribution in [2.45, 2.75) is 6.42 Å². The predicted octanol–water partition coefficient (Wildman–Crippen LogP) is 3.89. The molecule has 0 spiro atoms. The van der Waals surface area contributed by atoms with Crippen LogP contribution in [0.25, 0.3) is 0 Å². The van der Waals surface area contributed by atoms with E-state index < -0.39 is 0 Å². The first-order valence-electron chi connectivity index (χ1n) is 7.82. The van der Waals surface area contributed by atoms with E-state index >= 15 is 0 Å². The Bertz CT molecular complexity index is 904. The quantitative estimate of drug-likeness (QED) is 0.716. The molecule has 0 amide bonds. The number of nitrogens with zero attached hydrogens (tertiary/aromatic N) is 3. The van der Waals surface area contributed by atoms with Gasteiger partial charge in [-0.05, 0) is 30.2 Å². The van der Waals surface area contributed by atoms with Crippen molar-refractivity contribution in [3.8, 4) is 6.07 Å². The van der Waals surface area contributed by atoms with Crippen molar-refractivity contribution in [3.63, 3.8) is 0 Å². The van der Waals surface area contributed by atoms with Gasteiger partial charge in [-0.1, -0.05) is 30.3 Å². The van der Waals surface area contributed by atoms with Gasteiger partial charge in [-0.25, -0.2) is 14.4 Å². The third-order valence-corrected chi connectivity index (χ3v) is 3.64. The third kappa shape index (κ3) is 4.30. The Kier molecular flexibility index (Phi) is 5.17. The van der Waals surface area contributed by atoms with Crippen molar-refractivity contribution in [3.05, 3.63) is 77.9 Å². The van der Waals surface area contributed by atoms with Crippen molar-refractivity contribution in [2.75, 3.05) is 17.2 Å². The zero-order chi connectivity index (χ0) is 17.5. The predicted molar refractivity (Wildman–Crippen MR) is 95.1 cm³/mol. The fourth-order valence-electron chi connectivity index (χ4n) is 2.38. The van der Waals surface area contributed by atoms with Gasteiger partial charge < -0.3 is 10.6 Å². The lowest BCUT2D eigenvalue weighted by Crippen LogP contribution is -2.08. The highest BCUT2D eigenvalue weighted by Crippen LogP contribution is 2.19. The van der Waals surface area contributed by atoms with Crippen LogP contribution in [-0.4, -0.2) is 16.5 Å². The fraction of sp³-hybridized carbons (Fsp3) is 0.105. The molecule has 0 aliphatic rings. The molecule has 0 saturated heterocycles. The van der Waals surface area contributed by atoms with Gasteiger partial charge in [0.1, 0.15) is 29.8 Å². The first-order valence-corrected chi connectivity index (χ1v) is 7.82. The van der Waals surface area contributed by atoms with E-state index in [0.29, 0.717) is 41.4 Å². The van der Waals surface area contributed by atoms with E-state index in [0.717, 1.165) is 0 Å². The molecule has 0 bridgehead atoms. The number of para-hydroxylation sites is 1. The van der Waals surface area contributed by atoms with Crippen LogP contribution < -0.4 is 10.6 Å². The lowest BCUT2D eigenvalue weighted by Gasteiger charge is -2.10. The summed E-state index contributed by atoms with van der Waals surface area (Å²) < 4.78 is 13.6. The Morgan fingerprint density at radius 1 is 1.00 bits per heavy atom. The first-order chi connectivity index (χ1) is 12.3. The minimum absolute atomic E-state index is 0.206. The van der Waals surface area contributed by atoms with Gasteiger partial charge in [0.2, 0.25) is 0 Å². The molecule has 0 saturated carbocycles. The molecule has 6 heteroatoms. The molecule has 0 radical (unpaired) electrons. The number of aromatic nitrogens is 2. The molecule has 1 aromatic heterocycles. The van der Waals surface area contributed by atoms with E-state index in [2.05, 4.69) is 26.7 Å². The molecule has 0 aliphatic carbocycles. The van der Waals surface area contributed by atoms with Crippen molar-refractivity contribution < 1.29 is 4.39 Å². The number of hydrogen-bond acceptors (Lipinski definition) is 5. The van der Waals surface area contributed by atoms with Crippen molar-refractivity contribution >= 4 is 17.3 Å². The molecule has 0 aliphatic heterocycles. The van der Waals surface area contributed by atoms with Gasteiger partial charge in [-0.3, -0.25) is 0 Å². The zero-order valence-electron chi connectivity index (χ0n) is 13.4. The fourth-order valence-corrected chi connectivity index (χ4v) is 2.38. The molecule has 124 valence electrons. The number of rotatable bonds is 6. The molecular formula is C19H16FN5. The summed E-state index contributed by atoms with van der Waals surface area (Å²) in [5.74, 6) is 0.997. The molecule has 5 nitrogen and oxygen atoms in total. The smallest absolute Gasteiger partial charge is 0.135 e. The summed E-state index contributed by atoms with van der Waals surface area (Å²) in [6, 6.07) is 17.8. The third-order valence-electron chi connectivity index (χ3n) is 3.64. The highest BCUT2D eigenvalue weighted by Gasteiger charge is 2.04. The van der Waals surface area contributed by atoms with Crippen LogP contribution in [-0.2, 0) is 6.42 Å². The van der Waals surface area contributed by atoms with Crippen molar-refractivity contribution in [1.82, 2.24) is 9.97 Å². The molecule has 0 atom stereocenters. The molecule has 2 N–H and O–H groups in total. The van der Waals surface area contributed by atoms with Crippen LogP contribution in [0.4, 0.5) is 21.7 Å². The summed E-state index contributed by atoms with van der Waals surface area (Å²) in [6.45, 7) is 0.548. The van der Waals surface area contributed by atoms with Crippen LogP contribution in [0.5, 0.6) is 0 Å². The summed E-state index contributed by atoms with van der Waals surface area (Å²) >= 11 is 0. The minimum atomic E-state index is -0.206. The summed E-state index contributed by atoms with van der Waals surface area (Å²) in [7, 11) is 0. The van der Waals surface area contributed by atoms with Gasteiger partial charge in [0.05, 0.1) is 11.3 Å². The molecule has 1 heterocycles. The second kappa shape index (κ2) is 7.88. The Hall–Kier alpha value is -3.46. The number of anilines is 3. The first kappa shape index (κ1) is 16.4. The van der Waals surface area contributed by atoms with Crippen molar-refractivity contribution in [2.24, 2.45) is 0 Å². The highest BCUT2D eigenvalue weighted by molar-refractivity contribution is 5.65. The molecule has 2 aromatic carbocycles. The Labute approximate surface area is 145 Å². The van der Waals surface area contributed by atoms with Gasteiger partial charge in [0, 0.05) is 12.6 Å². The normalized spacial score (nSPS) is 10.1. The van der Waals surface area contributed by atoms with E-state index in [1.807, 2.05) is 18.2 Å². The van der Waals surface area contributed by atoms with Gasteiger partial charge in [0.25, 0.3) is 0 Å². The maximum Gasteiger partial charge on any atom is 0.135 e. The van der Waals surface area contributed by atoms with E-state index in [1.54, 1.807) is 30.3 Å². The van der Waals surface area contributed by atoms with Crippen LogP contribution in [0, 0.1) is 17.1 Å². The second-order valence-corrected chi connectivity index (χ2v) is 5.34. The van der Waals surface area contributed by atoms with Gasteiger partial charge >= 0.3 is 0 Å². The van der Waals surface area contributed by atoms with Gasteiger partial charge in [-0.15, -0.1) is 0 Å². The maximum atomic E-state index is 13.6. The molecule has 3 rings (SSSR count).